The number of aliphatic hydroxyl groups is 1. The summed E-state index contributed by atoms with van der Waals surface area (Å²) in [6, 6.07) is 7.54. The predicted molar refractivity (Wildman–Crippen MR) is 88.9 cm³/mol. The molecule has 5 heteroatoms. The molecule has 124 valence electrons. The monoisotopic (exact) mass is 316 g/mol. The highest BCUT2D eigenvalue weighted by Crippen LogP contribution is 2.20. The second-order valence-corrected chi connectivity index (χ2v) is 5.65. The van der Waals surface area contributed by atoms with Gasteiger partial charge >= 0.3 is 0 Å². The van der Waals surface area contributed by atoms with E-state index in [4.69, 9.17) is 16.3 Å². The van der Waals surface area contributed by atoms with Crippen molar-refractivity contribution in [2.45, 2.75) is 19.4 Å². The predicted octanol–water partition coefficient (Wildman–Crippen LogP) is 1.02. The van der Waals surface area contributed by atoms with Crippen LogP contribution in [0.15, 0.2) is 24.3 Å². The highest BCUT2D eigenvalue weighted by molar-refractivity contribution is 5.78. The van der Waals surface area contributed by atoms with Crippen LogP contribution in [0.3, 0.4) is 0 Å². The maximum Gasteiger partial charge on any atom is 0.223 e. The molecule has 1 fully saturated rings. The molecule has 2 rings (SSSR count). The third kappa shape index (κ3) is 5.27. The number of nitrogens with one attached hydrogen (secondary N) is 1. The summed E-state index contributed by atoms with van der Waals surface area (Å²) >= 11 is 0. The molecule has 0 atom stereocenters. The SMILES string of the molecule is C#CCN1CCC(C(=O)NCc2ccccc2OCCO)CC1. The molecule has 0 spiro atoms. The fourth-order valence-electron chi connectivity index (χ4n) is 2.76. The zero-order valence-electron chi connectivity index (χ0n) is 13.3. The van der Waals surface area contributed by atoms with Gasteiger partial charge in [0.05, 0.1) is 13.2 Å². The second kappa shape index (κ2) is 9.19. The van der Waals surface area contributed by atoms with Gasteiger partial charge in [0.1, 0.15) is 12.4 Å². The van der Waals surface area contributed by atoms with Gasteiger partial charge in [-0.05, 0) is 32.0 Å². The zero-order chi connectivity index (χ0) is 16.5. The van der Waals surface area contributed by atoms with E-state index in [0.29, 0.717) is 18.8 Å². The van der Waals surface area contributed by atoms with Gasteiger partial charge in [0.2, 0.25) is 5.91 Å². The van der Waals surface area contributed by atoms with Gasteiger partial charge in [-0.1, -0.05) is 24.1 Å². The normalized spacial score (nSPS) is 15.8. The summed E-state index contributed by atoms with van der Waals surface area (Å²) in [5, 5.41) is 11.8. The molecule has 1 aliphatic heterocycles. The smallest absolute Gasteiger partial charge is 0.223 e. The summed E-state index contributed by atoms with van der Waals surface area (Å²) in [4.78, 5) is 14.5. The van der Waals surface area contributed by atoms with Gasteiger partial charge in [-0.25, -0.2) is 0 Å². The Morgan fingerprint density at radius 1 is 1.39 bits per heavy atom. The molecule has 0 aromatic heterocycles. The van der Waals surface area contributed by atoms with E-state index in [0.717, 1.165) is 31.5 Å². The third-order valence-corrected chi connectivity index (χ3v) is 4.05. The van der Waals surface area contributed by atoms with Gasteiger partial charge in [0.15, 0.2) is 0 Å². The molecule has 1 heterocycles. The van der Waals surface area contributed by atoms with Gasteiger partial charge in [0, 0.05) is 18.0 Å². The number of carbonyl (C=O) groups is 1. The van der Waals surface area contributed by atoms with Gasteiger partial charge in [-0.15, -0.1) is 6.42 Å². The first-order valence-electron chi connectivity index (χ1n) is 7.99. The number of aliphatic hydroxyl groups excluding tert-OH is 1. The number of nitrogens with zero attached hydrogens (tertiary/aromatic N) is 1. The van der Waals surface area contributed by atoms with Crippen molar-refractivity contribution in [2.24, 2.45) is 5.92 Å². The molecule has 5 nitrogen and oxygen atoms in total. The molecule has 0 bridgehead atoms. The average Bonchev–Trinajstić information content (AvgIpc) is 2.59. The lowest BCUT2D eigenvalue weighted by Crippen LogP contribution is -2.40. The van der Waals surface area contributed by atoms with Crippen LogP contribution >= 0.6 is 0 Å². The zero-order valence-corrected chi connectivity index (χ0v) is 13.3. The van der Waals surface area contributed by atoms with E-state index in [1.54, 1.807) is 0 Å². The number of carbonyl (C=O) groups excluding carboxylic acids is 1. The first-order chi connectivity index (χ1) is 11.2. The number of rotatable bonds is 7. The van der Waals surface area contributed by atoms with Gasteiger partial charge in [0.25, 0.3) is 0 Å². The van der Waals surface area contributed by atoms with Crippen molar-refractivity contribution in [3.63, 3.8) is 0 Å². The number of para-hydroxylation sites is 1. The fraction of sp³-hybridized carbons (Fsp3) is 0.500. The van der Waals surface area contributed by atoms with Crippen molar-refractivity contribution in [1.82, 2.24) is 10.2 Å². The van der Waals surface area contributed by atoms with Crippen LogP contribution < -0.4 is 10.1 Å². The number of ether oxygens (including phenoxy) is 1. The van der Waals surface area contributed by atoms with E-state index in [1.165, 1.54) is 0 Å². The van der Waals surface area contributed by atoms with Gasteiger partial charge < -0.3 is 15.2 Å². The van der Waals surface area contributed by atoms with Crippen molar-refractivity contribution >= 4 is 5.91 Å². The molecule has 2 N–H and O–H groups in total. The Balaban J connectivity index is 1.82. The molecule has 1 aliphatic rings. The number of hydrogen-bond donors (Lipinski definition) is 2. The number of hydrogen-bond acceptors (Lipinski definition) is 4. The highest BCUT2D eigenvalue weighted by atomic mass is 16.5. The number of likely N-dealkylation sites (tertiary alicyclic amines) is 1. The van der Waals surface area contributed by atoms with E-state index in [-0.39, 0.29) is 25.0 Å². The van der Waals surface area contributed by atoms with Crippen LogP contribution in [0.1, 0.15) is 18.4 Å². The Morgan fingerprint density at radius 2 is 2.13 bits per heavy atom. The molecule has 0 aliphatic carbocycles. The molecule has 0 unspecified atom stereocenters. The first kappa shape index (κ1) is 17.3. The minimum absolute atomic E-state index is 0.0308. The molecule has 1 aromatic carbocycles. The summed E-state index contributed by atoms with van der Waals surface area (Å²) in [6.07, 6.45) is 7.00. The maximum absolute atomic E-state index is 12.3. The number of amides is 1. The fourth-order valence-corrected chi connectivity index (χ4v) is 2.76. The number of benzene rings is 1. The van der Waals surface area contributed by atoms with Crippen LogP contribution in [0.2, 0.25) is 0 Å². The maximum atomic E-state index is 12.3. The lowest BCUT2D eigenvalue weighted by atomic mass is 9.96. The summed E-state index contributed by atoms with van der Waals surface area (Å²) < 4.78 is 5.48. The van der Waals surface area contributed by atoms with E-state index in [1.807, 2.05) is 24.3 Å². The van der Waals surface area contributed by atoms with E-state index in [9.17, 15) is 4.79 Å². The lowest BCUT2D eigenvalue weighted by molar-refractivity contribution is -0.126. The molecule has 1 amide bonds. The quantitative estimate of drug-likeness (QED) is 0.737. The number of piperidine rings is 1. The molecule has 1 saturated heterocycles. The summed E-state index contributed by atoms with van der Waals surface area (Å²) in [6.45, 7) is 3.06. The molecule has 0 saturated carbocycles. The van der Waals surface area contributed by atoms with Crippen molar-refractivity contribution in [3.05, 3.63) is 29.8 Å². The van der Waals surface area contributed by atoms with Crippen LogP contribution in [-0.2, 0) is 11.3 Å². The van der Waals surface area contributed by atoms with Crippen molar-refractivity contribution in [2.75, 3.05) is 32.8 Å². The average molecular weight is 316 g/mol. The molecule has 23 heavy (non-hydrogen) atoms. The topological polar surface area (TPSA) is 61.8 Å². The van der Waals surface area contributed by atoms with Crippen molar-refractivity contribution in [3.8, 4) is 18.1 Å². The third-order valence-electron chi connectivity index (χ3n) is 4.05. The minimum atomic E-state index is -0.0308. The van der Waals surface area contributed by atoms with Crippen molar-refractivity contribution < 1.29 is 14.6 Å². The Kier molecular flexibility index (Phi) is 6.92. The molecule has 0 radical (unpaired) electrons. The van der Waals surface area contributed by atoms with Crippen molar-refractivity contribution in [1.29, 1.82) is 0 Å². The lowest BCUT2D eigenvalue weighted by Gasteiger charge is -2.29. The molecular weight excluding hydrogens is 292 g/mol. The summed E-state index contributed by atoms with van der Waals surface area (Å²) in [7, 11) is 0. The van der Waals surface area contributed by atoms with Crippen LogP contribution in [0.5, 0.6) is 5.75 Å². The minimum Gasteiger partial charge on any atom is -0.491 e. The van der Waals surface area contributed by atoms with Gasteiger partial charge in [-0.3, -0.25) is 9.69 Å². The Hall–Kier alpha value is -2.03. The Morgan fingerprint density at radius 3 is 2.83 bits per heavy atom. The standard InChI is InChI=1S/C18H24N2O3/c1-2-9-20-10-7-15(8-11-20)18(22)19-14-16-5-3-4-6-17(16)23-13-12-21/h1,3-6,15,21H,7-14H2,(H,19,22). The van der Waals surface area contributed by atoms with E-state index in [2.05, 4.69) is 16.1 Å². The van der Waals surface area contributed by atoms with Crippen LogP contribution in [0.4, 0.5) is 0 Å². The Labute approximate surface area is 137 Å². The summed E-state index contributed by atoms with van der Waals surface area (Å²) in [5.74, 6) is 3.48. The van der Waals surface area contributed by atoms with Crippen LogP contribution in [0, 0.1) is 18.3 Å². The molecular formula is C18H24N2O3. The largest absolute Gasteiger partial charge is 0.491 e. The second-order valence-electron chi connectivity index (χ2n) is 5.65. The van der Waals surface area contributed by atoms with Crippen LogP contribution in [0.25, 0.3) is 0 Å². The van der Waals surface area contributed by atoms with E-state index >= 15 is 0 Å². The molecule has 1 aromatic rings. The van der Waals surface area contributed by atoms with Gasteiger partial charge in [-0.2, -0.15) is 0 Å². The Bertz CT molecular complexity index is 545. The van der Waals surface area contributed by atoms with E-state index < -0.39 is 0 Å². The summed E-state index contributed by atoms with van der Waals surface area (Å²) in [5.41, 5.74) is 0.916. The highest BCUT2D eigenvalue weighted by Gasteiger charge is 2.24. The number of terminal acetylenes is 1. The van der Waals surface area contributed by atoms with Crippen LogP contribution in [-0.4, -0.2) is 48.8 Å². The first-order valence-corrected chi connectivity index (χ1v) is 7.99.